The quantitative estimate of drug-likeness (QED) is 0.853. The Bertz CT molecular complexity index is 398. The second-order valence-corrected chi connectivity index (χ2v) is 5.70. The van der Waals surface area contributed by atoms with E-state index in [1.54, 1.807) is 0 Å². The van der Waals surface area contributed by atoms with Crippen LogP contribution in [0.3, 0.4) is 0 Å². The molecule has 0 saturated carbocycles. The van der Waals surface area contributed by atoms with Crippen LogP contribution in [0, 0.1) is 6.92 Å². The standard InChI is InChI=1S/C16H26N2O/c1-12(2)14-5-4-13(3)15(8-14)9-17-10-16-11-19-7-6-18-16/h4-5,8,12,16-18H,6-7,9-11H2,1-3H3. The van der Waals surface area contributed by atoms with E-state index in [-0.39, 0.29) is 0 Å². The van der Waals surface area contributed by atoms with Crippen LogP contribution in [0.4, 0.5) is 0 Å². The van der Waals surface area contributed by atoms with Crippen LogP contribution in [0.5, 0.6) is 0 Å². The number of ether oxygens (including phenoxy) is 1. The Kier molecular flexibility index (Phi) is 5.37. The molecule has 106 valence electrons. The van der Waals surface area contributed by atoms with Crippen molar-refractivity contribution < 1.29 is 4.74 Å². The Balaban J connectivity index is 1.86. The second-order valence-electron chi connectivity index (χ2n) is 5.70. The van der Waals surface area contributed by atoms with E-state index in [9.17, 15) is 0 Å². The molecule has 0 bridgehead atoms. The Morgan fingerprint density at radius 1 is 1.42 bits per heavy atom. The van der Waals surface area contributed by atoms with Gasteiger partial charge in [-0.3, -0.25) is 0 Å². The molecule has 0 radical (unpaired) electrons. The summed E-state index contributed by atoms with van der Waals surface area (Å²) in [6, 6.07) is 7.24. The van der Waals surface area contributed by atoms with Gasteiger partial charge in [0.15, 0.2) is 0 Å². The van der Waals surface area contributed by atoms with Crippen molar-refractivity contribution in [2.75, 3.05) is 26.3 Å². The summed E-state index contributed by atoms with van der Waals surface area (Å²) < 4.78 is 5.46. The van der Waals surface area contributed by atoms with Crippen molar-refractivity contribution in [2.24, 2.45) is 0 Å². The first-order chi connectivity index (χ1) is 9.16. The van der Waals surface area contributed by atoms with Gasteiger partial charge in [-0.25, -0.2) is 0 Å². The van der Waals surface area contributed by atoms with E-state index >= 15 is 0 Å². The van der Waals surface area contributed by atoms with Gasteiger partial charge in [0.25, 0.3) is 0 Å². The highest BCUT2D eigenvalue weighted by atomic mass is 16.5. The van der Waals surface area contributed by atoms with Gasteiger partial charge in [0.1, 0.15) is 0 Å². The molecule has 0 aliphatic carbocycles. The van der Waals surface area contributed by atoms with Crippen molar-refractivity contribution in [3.05, 3.63) is 34.9 Å². The highest BCUT2D eigenvalue weighted by Gasteiger charge is 2.12. The maximum Gasteiger partial charge on any atom is 0.0632 e. The van der Waals surface area contributed by atoms with Crippen LogP contribution in [0.1, 0.15) is 36.5 Å². The van der Waals surface area contributed by atoms with Gasteiger partial charge in [-0.2, -0.15) is 0 Å². The number of benzene rings is 1. The zero-order valence-electron chi connectivity index (χ0n) is 12.3. The fourth-order valence-corrected chi connectivity index (χ4v) is 2.37. The van der Waals surface area contributed by atoms with E-state index in [2.05, 4.69) is 49.6 Å². The van der Waals surface area contributed by atoms with Gasteiger partial charge in [-0.05, 0) is 29.5 Å². The number of hydrogen-bond acceptors (Lipinski definition) is 3. The molecule has 1 atom stereocenters. The van der Waals surface area contributed by atoms with E-state index in [1.807, 2.05) is 0 Å². The molecule has 2 rings (SSSR count). The first-order valence-corrected chi connectivity index (χ1v) is 7.28. The summed E-state index contributed by atoms with van der Waals surface area (Å²) in [5.41, 5.74) is 4.19. The maximum atomic E-state index is 5.46. The van der Waals surface area contributed by atoms with Crippen LogP contribution in [0.15, 0.2) is 18.2 Å². The summed E-state index contributed by atoms with van der Waals surface area (Å²) in [5, 5.41) is 7.00. The van der Waals surface area contributed by atoms with Gasteiger partial charge in [-0.15, -0.1) is 0 Å². The van der Waals surface area contributed by atoms with Gasteiger partial charge in [0, 0.05) is 25.7 Å². The highest BCUT2D eigenvalue weighted by molar-refractivity contribution is 5.32. The average molecular weight is 262 g/mol. The SMILES string of the molecule is Cc1ccc(C(C)C)cc1CNCC1COCCN1. The molecule has 1 fully saturated rings. The molecule has 0 spiro atoms. The number of aryl methyl sites for hydroxylation is 1. The molecule has 1 aromatic rings. The van der Waals surface area contributed by atoms with Crippen molar-refractivity contribution in [3.8, 4) is 0 Å². The van der Waals surface area contributed by atoms with Gasteiger partial charge in [-0.1, -0.05) is 32.0 Å². The van der Waals surface area contributed by atoms with Crippen molar-refractivity contribution in [1.82, 2.24) is 10.6 Å². The maximum absolute atomic E-state index is 5.46. The van der Waals surface area contributed by atoms with E-state index in [0.29, 0.717) is 12.0 Å². The minimum Gasteiger partial charge on any atom is -0.378 e. The first kappa shape index (κ1) is 14.5. The number of rotatable bonds is 5. The lowest BCUT2D eigenvalue weighted by molar-refractivity contribution is 0.0766. The summed E-state index contributed by atoms with van der Waals surface area (Å²) in [7, 11) is 0. The molecule has 0 amide bonds. The minimum atomic E-state index is 0.447. The Labute approximate surface area is 116 Å². The predicted octanol–water partition coefficient (Wildman–Crippen LogP) is 2.20. The van der Waals surface area contributed by atoms with Crippen molar-refractivity contribution in [2.45, 2.75) is 39.3 Å². The molecule has 1 saturated heterocycles. The van der Waals surface area contributed by atoms with Crippen LogP contribution >= 0.6 is 0 Å². The Hall–Kier alpha value is -0.900. The zero-order valence-corrected chi connectivity index (χ0v) is 12.3. The molecular formula is C16H26N2O. The second kappa shape index (κ2) is 7.04. The molecule has 1 unspecified atom stereocenters. The Morgan fingerprint density at radius 3 is 2.95 bits per heavy atom. The molecular weight excluding hydrogens is 236 g/mol. The normalized spacial score (nSPS) is 19.9. The lowest BCUT2D eigenvalue weighted by Gasteiger charge is -2.24. The molecule has 19 heavy (non-hydrogen) atoms. The summed E-state index contributed by atoms with van der Waals surface area (Å²) in [5.74, 6) is 0.591. The molecule has 3 nitrogen and oxygen atoms in total. The lowest BCUT2D eigenvalue weighted by Crippen LogP contribution is -2.47. The van der Waals surface area contributed by atoms with Crippen LogP contribution in [-0.2, 0) is 11.3 Å². The third-order valence-electron chi connectivity index (χ3n) is 3.74. The van der Waals surface area contributed by atoms with Crippen molar-refractivity contribution >= 4 is 0 Å². The van der Waals surface area contributed by atoms with Gasteiger partial charge in [0.05, 0.1) is 13.2 Å². The number of hydrogen-bond donors (Lipinski definition) is 2. The third-order valence-corrected chi connectivity index (χ3v) is 3.74. The molecule has 1 aliphatic heterocycles. The average Bonchev–Trinajstić information content (AvgIpc) is 2.42. The van der Waals surface area contributed by atoms with E-state index in [1.165, 1.54) is 16.7 Å². The summed E-state index contributed by atoms with van der Waals surface area (Å²) >= 11 is 0. The minimum absolute atomic E-state index is 0.447. The Morgan fingerprint density at radius 2 is 2.26 bits per heavy atom. The molecule has 3 heteroatoms. The molecule has 1 heterocycles. The molecule has 2 N–H and O–H groups in total. The topological polar surface area (TPSA) is 33.3 Å². The van der Waals surface area contributed by atoms with Gasteiger partial charge < -0.3 is 15.4 Å². The van der Waals surface area contributed by atoms with E-state index in [0.717, 1.165) is 32.8 Å². The largest absolute Gasteiger partial charge is 0.378 e. The fraction of sp³-hybridized carbons (Fsp3) is 0.625. The fourth-order valence-electron chi connectivity index (χ4n) is 2.37. The van der Waals surface area contributed by atoms with Crippen LogP contribution in [0.2, 0.25) is 0 Å². The molecule has 0 aromatic heterocycles. The monoisotopic (exact) mass is 262 g/mol. The summed E-state index contributed by atoms with van der Waals surface area (Å²) in [4.78, 5) is 0. The van der Waals surface area contributed by atoms with E-state index in [4.69, 9.17) is 4.74 Å². The van der Waals surface area contributed by atoms with Gasteiger partial charge in [0.2, 0.25) is 0 Å². The zero-order chi connectivity index (χ0) is 13.7. The number of nitrogens with one attached hydrogen (secondary N) is 2. The van der Waals surface area contributed by atoms with Crippen molar-refractivity contribution in [1.29, 1.82) is 0 Å². The molecule has 1 aliphatic rings. The highest BCUT2D eigenvalue weighted by Crippen LogP contribution is 2.18. The van der Waals surface area contributed by atoms with Crippen LogP contribution < -0.4 is 10.6 Å². The molecule has 1 aromatic carbocycles. The number of morpholine rings is 1. The first-order valence-electron chi connectivity index (χ1n) is 7.28. The predicted molar refractivity (Wildman–Crippen MR) is 79.6 cm³/mol. The van der Waals surface area contributed by atoms with E-state index < -0.39 is 0 Å². The summed E-state index contributed by atoms with van der Waals surface area (Å²) in [6.07, 6.45) is 0. The van der Waals surface area contributed by atoms with Crippen LogP contribution in [-0.4, -0.2) is 32.3 Å². The lowest BCUT2D eigenvalue weighted by atomic mass is 9.98. The third kappa shape index (κ3) is 4.30. The van der Waals surface area contributed by atoms with Gasteiger partial charge >= 0.3 is 0 Å². The van der Waals surface area contributed by atoms with Crippen LogP contribution in [0.25, 0.3) is 0 Å². The summed E-state index contributed by atoms with van der Waals surface area (Å²) in [6.45, 7) is 11.2. The van der Waals surface area contributed by atoms with Crippen molar-refractivity contribution in [3.63, 3.8) is 0 Å². The smallest absolute Gasteiger partial charge is 0.0632 e.